The summed E-state index contributed by atoms with van der Waals surface area (Å²) in [5.41, 5.74) is 5.46. The molecule has 30 heavy (non-hydrogen) atoms. The molecular weight excluding hydrogens is 378 g/mol. The Morgan fingerprint density at radius 2 is 1.87 bits per heavy atom. The summed E-state index contributed by atoms with van der Waals surface area (Å²) >= 11 is 0. The number of nitrogens with one attached hydrogen (secondary N) is 1. The Kier molecular flexibility index (Phi) is 5.79. The van der Waals surface area contributed by atoms with Crippen LogP contribution in [0.5, 0.6) is 0 Å². The summed E-state index contributed by atoms with van der Waals surface area (Å²) in [6.07, 6.45) is 5.05. The summed E-state index contributed by atoms with van der Waals surface area (Å²) in [5, 5.41) is 11.8. The van der Waals surface area contributed by atoms with E-state index in [9.17, 15) is 9.59 Å². The monoisotopic (exact) mass is 405 g/mol. The van der Waals surface area contributed by atoms with Crippen molar-refractivity contribution in [1.82, 2.24) is 24.9 Å². The molecule has 0 fully saturated rings. The largest absolute Gasteiger partial charge is 0.349 e. The van der Waals surface area contributed by atoms with E-state index in [1.54, 1.807) is 23.9 Å². The quantitative estimate of drug-likeness (QED) is 0.683. The van der Waals surface area contributed by atoms with Crippen molar-refractivity contribution >= 4 is 5.91 Å². The third-order valence-electron chi connectivity index (χ3n) is 5.65. The predicted molar refractivity (Wildman–Crippen MR) is 115 cm³/mol. The first-order chi connectivity index (χ1) is 14.5. The minimum absolute atomic E-state index is 0.108. The molecule has 0 saturated heterocycles. The molecule has 0 radical (unpaired) electrons. The predicted octanol–water partition coefficient (Wildman–Crippen LogP) is 2.52. The average molecular weight is 406 g/mol. The Morgan fingerprint density at radius 1 is 1.10 bits per heavy atom. The lowest BCUT2D eigenvalue weighted by atomic mass is 9.97. The molecule has 0 atom stereocenters. The van der Waals surface area contributed by atoms with Gasteiger partial charge in [-0.15, -0.1) is 0 Å². The van der Waals surface area contributed by atoms with Crippen molar-refractivity contribution in [2.24, 2.45) is 7.05 Å². The van der Waals surface area contributed by atoms with Crippen LogP contribution in [0.25, 0.3) is 11.3 Å². The molecule has 0 unspecified atom stereocenters. The maximum atomic E-state index is 12.6. The van der Waals surface area contributed by atoms with Gasteiger partial charge in [0.1, 0.15) is 5.69 Å². The molecule has 156 valence electrons. The van der Waals surface area contributed by atoms with Gasteiger partial charge in [0.2, 0.25) is 0 Å². The molecule has 1 aliphatic carbocycles. The van der Waals surface area contributed by atoms with Crippen LogP contribution in [0.1, 0.15) is 47.1 Å². The van der Waals surface area contributed by atoms with E-state index >= 15 is 0 Å². The number of hydrogen-bond acceptors (Lipinski definition) is 4. The molecule has 0 saturated carbocycles. The summed E-state index contributed by atoms with van der Waals surface area (Å²) in [6, 6.07) is 11.7. The number of hydrogen-bond donors (Lipinski definition) is 1. The van der Waals surface area contributed by atoms with Crippen LogP contribution in [0.4, 0.5) is 0 Å². The van der Waals surface area contributed by atoms with Crippen LogP contribution in [0.2, 0.25) is 0 Å². The Hall–Kier alpha value is -3.22. The van der Waals surface area contributed by atoms with E-state index < -0.39 is 0 Å². The lowest BCUT2D eigenvalue weighted by Crippen LogP contribution is -2.33. The van der Waals surface area contributed by atoms with Gasteiger partial charge in [0.25, 0.3) is 11.5 Å². The molecule has 7 heteroatoms. The number of benzene rings is 1. The van der Waals surface area contributed by atoms with Crippen LogP contribution in [-0.2, 0) is 32.9 Å². The summed E-state index contributed by atoms with van der Waals surface area (Å²) in [5.74, 6) is -0.215. The average Bonchev–Trinajstić information content (AvgIpc) is 3.15. The lowest BCUT2D eigenvalue weighted by molar-refractivity contribution is 0.0942. The van der Waals surface area contributed by atoms with E-state index in [0.717, 1.165) is 54.6 Å². The Morgan fingerprint density at radius 3 is 2.63 bits per heavy atom. The van der Waals surface area contributed by atoms with Gasteiger partial charge in [-0.2, -0.15) is 10.2 Å². The molecule has 2 aromatic heterocycles. The molecule has 2 heterocycles. The highest BCUT2D eigenvalue weighted by Gasteiger charge is 2.15. The van der Waals surface area contributed by atoms with Gasteiger partial charge in [0.15, 0.2) is 0 Å². The van der Waals surface area contributed by atoms with Crippen molar-refractivity contribution in [2.75, 3.05) is 6.54 Å². The Balaban J connectivity index is 1.41. The molecule has 1 amide bonds. The minimum Gasteiger partial charge on any atom is -0.349 e. The molecule has 0 spiro atoms. The van der Waals surface area contributed by atoms with Crippen molar-refractivity contribution in [2.45, 2.75) is 45.6 Å². The molecule has 3 aromatic rings. The summed E-state index contributed by atoms with van der Waals surface area (Å²) in [6.45, 7) is 2.79. The molecule has 4 rings (SSSR count). The second kappa shape index (κ2) is 8.65. The van der Waals surface area contributed by atoms with Crippen molar-refractivity contribution in [3.63, 3.8) is 0 Å². The number of carbonyl (C=O) groups is 1. The summed E-state index contributed by atoms with van der Waals surface area (Å²) in [4.78, 5) is 24.9. The van der Waals surface area contributed by atoms with E-state index in [1.165, 1.54) is 10.2 Å². The van der Waals surface area contributed by atoms with Crippen LogP contribution in [0.15, 0.2) is 41.2 Å². The third kappa shape index (κ3) is 4.20. The highest BCUT2D eigenvalue weighted by atomic mass is 16.2. The van der Waals surface area contributed by atoms with E-state index in [1.807, 2.05) is 12.1 Å². The number of fused-ring (bicyclic) bond motifs is 1. The SMILES string of the molecule is CCc1ccc(-c2cc(C(=O)NCCn3nc4c(cc3=O)CCCC4)n(C)n2)cc1. The first kappa shape index (κ1) is 20.1. The highest BCUT2D eigenvalue weighted by molar-refractivity contribution is 5.93. The highest BCUT2D eigenvalue weighted by Crippen LogP contribution is 2.20. The van der Waals surface area contributed by atoms with E-state index in [-0.39, 0.29) is 11.5 Å². The fraction of sp³-hybridized carbons (Fsp3) is 0.391. The zero-order chi connectivity index (χ0) is 21.1. The number of carbonyl (C=O) groups excluding carboxylic acids is 1. The standard InChI is InChI=1S/C23H27N5O2/c1-3-16-8-10-17(11-9-16)20-15-21(27(2)25-20)23(30)24-12-13-28-22(29)14-18-6-4-5-7-19(18)26-28/h8-11,14-15H,3-7,12-13H2,1-2H3,(H,24,30). The normalized spacial score (nSPS) is 13.1. The topological polar surface area (TPSA) is 81.8 Å². The molecule has 1 aliphatic rings. The van der Waals surface area contributed by atoms with Crippen molar-refractivity contribution in [3.8, 4) is 11.3 Å². The van der Waals surface area contributed by atoms with Gasteiger partial charge in [0.05, 0.1) is 17.9 Å². The maximum absolute atomic E-state index is 12.6. The minimum atomic E-state index is -0.215. The van der Waals surface area contributed by atoms with Crippen LogP contribution < -0.4 is 10.9 Å². The number of amides is 1. The van der Waals surface area contributed by atoms with Gasteiger partial charge in [0, 0.05) is 25.2 Å². The maximum Gasteiger partial charge on any atom is 0.269 e. The molecular formula is C23H27N5O2. The lowest BCUT2D eigenvalue weighted by Gasteiger charge is -2.16. The zero-order valence-corrected chi connectivity index (χ0v) is 17.5. The van der Waals surface area contributed by atoms with Gasteiger partial charge in [-0.25, -0.2) is 4.68 Å². The van der Waals surface area contributed by atoms with E-state index in [0.29, 0.717) is 18.8 Å². The van der Waals surface area contributed by atoms with E-state index in [2.05, 4.69) is 34.6 Å². The fourth-order valence-corrected chi connectivity index (χ4v) is 3.86. The molecule has 1 aromatic carbocycles. The second-order valence-electron chi connectivity index (χ2n) is 7.73. The van der Waals surface area contributed by atoms with Crippen LogP contribution in [0.3, 0.4) is 0 Å². The van der Waals surface area contributed by atoms with Crippen LogP contribution in [-0.4, -0.2) is 32.0 Å². The number of aromatic nitrogens is 4. The Labute approximate surface area is 175 Å². The smallest absolute Gasteiger partial charge is 0.269 e. The third-order valence-corrected chi connectivity index (χ3v) is 5.65. The second-order valence-corrected chi connectivity index (χ2v) is 7.73. The first-order valence-electron chi connectivity index (χ1n) is 10.6. The van der Waals surface area contributed by atoms with Crippen molar-refractivity contribution in [1.29, 1.82) is 0 Å². The molecule has 0 aliphatic heterocycles. The van der Waals surface area contributed by atoms with E-state index in [4.69, 9.17) is 0 Å². The van der Waals surface area contributed by atoms with Crippen molar-refractivity contribution in [3.05, 3.63) is 69.3 Å². The van der Waals surface area contributed by atoms with Gasteiger partial charge < -0.3 is 5.32 Å². The van der Waals surface area contributed by atoms with Gasteiger partial charge in [-0.3, -0.25) is 14.3 Å². The van der Waals surface area contributed by atoms with Gasteiger partial charge in [-0.1, -0.05) is 31.2 Å². The van der Waals surface area contributed by atoms with Crippen LogP contribution >= 0.6 is 0 Å². The van der Waals surface area contributed by atoms with Gasteiger partial charge >= 0.3 is 0 Å². The zero-order valence-electron chi connectivity index (χ0n) is 17.5. The summed E-state index contributed by atoms with van der Waals surface area (Å²) < 4.78 is 3.04. The summed E-state index contributed by atoms with van der Waals surface area (Å²) in [7, 11) is 1.76. The van der Waals surface area contributed by atoms with Crippen molar-refractivity contribution < 1.29 is 4.79 Å². The Bertz CT molecular complexity index is 1110. The number of rotatable bonds is 6. The fourth-order valence-electron chi connectivity index (χ4n) is 3.86. The number of nitrogens with zero attached hydrogens (tertiary/aromatic N) is 4. The first-order valence-corrected chi connectivity index (χ1v) is 10.6. The van der Waals surface area contributed by atoms with Crippen LogP contribution in [0, 0.1) is 0 Å². The molecule has 0 bridgehead atoms. The molecule has 7 nitrogen and oxygen atoms in total. The number of aryl methyl sites for hydroxylation is 4. The molecule has 1 N–H and O–H groups in total. The van der Waals surface area contributed by atoms with Gasteiger partial charge in [-0.05, 0) is 49.3 Å².